The molecule has 2 aromatic heterocycles. The summed E-state index contributed by atoms with van der Waals surface area (Å²) in [6, 6.07) is 11.7. The van der Waals surface area contributed by atoms with E-state index in [1.165, 1.54) is 16.8 Å². The fourth-order valence-corrected chi connectivity index (χ4v) is 3.56. The maximum absolute atomic E-state index is 11.4. The Morgan fingerprint density at radius 1 is 1.28 bits per heavy atom. The van der Waals surface area contributed by atoms with E-state index in [2.05, 4.69) is 26.2 Å². The Bertz CT molecular complexity index is 1030. The summed E-state index contributed by atoms with van der Waals surface area (Å²) < 4.78 is 5.33. The van der Waals surface area contributed by atoms with Crippen molar-refractivity contribution >= 4 is 30.2 Å². The molecule has 1 fully saturated rings. The number of rotatable bonds is 7. The van der Waals surface area contributed by atoms with Crippen LogP contribution in [-0.2, 0) is 11.3 Å². The van der Waals surface area contributed by atoms with Crippen molar-refractivity contribution in [2.45, 2.75) is 38.1 Å². The maximum Gasteiger partial charge on any atom is 0.246 e. The lowest BCUT2D eigenvalue weighted by Gasteiger charge is -2.33. The first-order valence-electron chi connectivity index (χ1n) is 9.37. The van der Waals surface area contributed by atoms with Gasteiger partial charge < -0.3 is 4.52 Å². The molecular formula is C21H20ClN5O2. The number of benzene rings is 1. The second-order valence-electron chi connectivity index (χ2n) is 7.13. The van der Waals surface area contributed by atoms with Crippen LogP contribution >= 0.6 is 11.6 Å². The van der Waals surface area contributed by atoms with E-state index in [1.54, 1.807) is 6.20 Å². The van der Waals surface area contributed by atoms with Crippen LogP contribution in [0.4, 0.5) is 5.82 Å². The van der Waals surface area contributed by atoms with Gasteiger partial charge in [0.2, 0.25) is 12.3 Å². The first kappa shape index (κ1) is 19.3. The highest BCUT2D eigenvalue weighted by Crippen LogP contribution is 2.46. The number of carbonyl (C=O) groups excluding carboxylic acids is 1. The van der Waals surface area contributed by atoms with Crippen molar-refractivity contribution in [2.24, 2.45) is 4.99 Å². The zero-order chi connectivity index (χ0) is 20.2. The third-order valence-electron chi connectivity index (χ3n) is 5.07. The van der Waals surface area contributed by atoms with Crippen molar-refractivity contribution in [3.05, 3.63) is 70.5 Å². The molecule has 1 amide bonds. The molecule has 0 unspecified atom stereocenters. The highest BCUT2D eigenvalue weighted by Gasteiger charge is 2.34. The topological polar surface area (TPSA) is 84.5 Å². The lowest BCUT2D eigenvalue weighted by atomic mass is 9.71. The van der Waals surface area contributed by atoms with Gasteiger partial charge >= 0.3 is 0 Å². The van der Waals surface area contributed by atoms with E-state index in [9.17, 15) is 4.79 Å². The van der Waals surface area contributed by atoms with E-state index in [-0.39, 0.29) is 12.5 Å². The molecule has 1 aromatic carbocycles. The molecule has 0 N–H and O–H groups in total. The number of aromatic nitrogens is 3. The Balaban J connectivity index is 1.35. The predicted octanol–water partition coefficient (Wildman–Crippen LogP) is 4.41. The normalized spacial score (nSPS) is 18.6. The number of aliphatic imine (C=N–C) groups is 1. The smallest absolute Gasteiger partial charge is 0.246 e. The number of carbonyl (C=O) groups is 1. The highest BCUT2D eigenvalue weighted by atomic mass is 35.5. The van der Waals surface area contributed by atoms with Gasteiger partial charge in [-0.15, -0.1) is 0 Å². The summed E-state index contributed by atoms with van der Waals surface area (Å²) in [5.74, 6) is 2.34. The van der Waals surface area contributed by atoms with Crippen LogP contribution in [0.25, 0.3) is 0 Å². The van der Waals surface area contributed by atoms with Gasteiger partial charge in [-0.25, -0.2) is 9.98 Å². The van der Waals surface area contributed by atoms with E-state index >= 15 is 0 Å². The number of amides is 1. The summed E-state index contributed by atoms with van der Waals surface area (Å²) in [7, 11) is 0. The van der Waals surface area contributed by atoms with Crippen LogP contribution in [0.2, 0.25) is 5.02 Å². The lowest BCUT2D eigenvalue weighted by Crippen LogP contribution is -2.22. The number of hydrogen-bond donors (Lipinski definition) is 0. The Morgan fingerprint density at radius 2 is 2.14 bits per heavy atom. The minimum absolute atomic E-state index is 0.163. The molecule has 0 aliphatic heterocycles. The van der Waals surface area contributed by atoms with Gasteiger partial charge in [-0.3, -0.25) is 9.69 Å². The standard InChI is InChI=1S/C21H20ClN5O2/c1-14-4-3-7-23-20(14)24-12-27(13-28)11-19-25-21(26-29-19)17-8-16(9-17)15-5-2-6-18(22)10-15/h2-7,10,12-13,16-17H,8-9,11H2,1H3/b24-12-. The zero-order valence-electron chi connectivity index (χ0n) is 15.9. The number of hydrogen-bond acceptors (Lipinski definition) is 6. The van der Waals surface area contributed by atoms with Crippen LogP contribution in [0, 0.1) is 6.92 Å². The van der Waals surface area contributed by atoms with Gasteiger partial charge in [0.15, 0.2) is 11.6 Å². The average Bonchev–Trinajstić information content (AvgIpc) is 3.13. The molecule has 0 radical (unpaired) electrons. The molecule has 0 bridgehead atoms. The van der Waals surface area contributed by atoms with Crippen molar-refractivity contribution in [2.75, 3.05) is 0 Å². The molecule has 1 saturated carbocycles. The van der Waals surface area contributed by atoms with Crippen LogP contribution in [0.3, 0.4) is 0 Å². The van der Waals surface area contributed by atoms with Gasteiger partial charge in [0.25, 0.3) is 0 Å². The fraction of sp³-hybridized carbons (Fsp3) is 0.286. The van der Waals surface area contributed by atoms with Gasteiger partial charge in [-0.05, 0) is 55.0 Å². The molecule has 8 heteroatoms. The summed E-state index contributed by atoms with van der Waals surface area (Å²) in [5, 5.41) is 4.85. The van der Waals surface area contributed by atoms with E-state index in [0.717, 1.165) is 23.4 Å². The molecule has 1 aliphatic rings. The molecule has 0 atom stereocenters. The number of aryl methyl sites for hydroxylation is 1. The zero-order valence-corrected chi connectivity index (χ0v) is 16.7. The molecule has 0 spiro atoms. The van der Waals surface area contributed by atoms with E-state index in [4.69, 9.17) is 16.1 Å². The van der Waals surface area contributed by atoms with Crippen LogP contribution in [0.1, 0.15) is 47.5 Å². The van der Waals surface area contributed by atoms with Crippen molar-refractivity contribution in [1.29, 1.82) is 0 Å². The Kier molecular flexibility index (Phi) is 5.67. The lowest BCUT2D eigenvalue weighted by molar-refractivity contribution is -0.115. The second kappa shape index (κ2) is 8.53. The highest BCUT2D eigenvalue weighted by molar-refractivity contribution is 6.30. The van der Waals surface area contributed by atoms with E-state index < -0.39 is 0 Å². The van der Waals surface area contributed by atoms with Crippen molar-refractivity contribution < 1.29 is 9.32 Å². The summed E-state index contributed by atoms with van der Waals surface area (Å²) in [6.07, 6.45) is 5.66. The van der Waals surface area contributed by atoms with Crippen LogP contribution in [-0.4, -0.2) is 32.8 Å². The molecule has 29 heavy (non-hydrogen) atoms. The Hall–Kier alpha value is -3.06. The van der Waals surface area contributed by atoms with Crippen LogP contribution < -0.4 is 0 Å². The van der Waals surface area contributed by atoms with Crippen molar-refractivity contribution in [3.8, 4) is 0 Å². The largest absolute Gasteiger partial charge is 0.337 e. The molecule has 4 rings (SSSR count). The quantitative estimate of drug-likeness (QED) is 0.328. The van der Waals surface area contributed by atoms with Gasteiger partial charge in [0, 0.05) is 17.1 Å². The minimum Gasteiger partial charge on any atom is -0.337 e. The number of pyridine rings is 1. The van der Waals surface area contributed by atoms with E-state index in [0.29, 0.717) is 29.9 Å². The van der Waals surface area contributed by atoms with Crippen LogP contribution in [0.5, 0.6) is 0 Å². The third kappa shape index (κ3) is 4.51. The van der Waals surface area contributed by atoms with Gasteiger partial charge in [-0.1, -0.05) is 35.0 Å². The molecule has 2 heterocycles. The summed E-state index contributed by atoms with van der Waals surface area (Å²) in [6.45, 7) is 2.07. The van der Waals surface area contributed by atoms with E-state index in [1.807, 2.05) is 37.3 Å². The van der Waals surface area contributed by atoms with Crippen molar-refractivity contribution in [1.82, 2.24) is 20.0 Å². The monoisotopic (exact) mass is 409 g/mol. The maximum atomic E-state index is 11.4. The second-order valence-corrected chi connectivity index (χ2v) is 7.57. The first-order chi connectivity index (χ1) is 14.1. The molecule has 148 valence electrons. The summed E-state index contributed by atoms with van der Waals surface area (Å²) in [5.41, 5.74) is 2.17. The van der Waals surface area contributed by atoms with Gasteiger partial charge in [0.1, 0.15) is 6.54 Å². The Morgan fingerprint density at radius 3 is 2.90 bits per heavy atom. The minimum atomic E-state index is 0.163. The summed E-state index contributed by atoms with van der Waals surface area (Å²) >= 11 is 6.07. The Labute approximate surface area is 173 Å². The number of nitrogens with zero attached hydrogens (tertiary/aromatic N) is 5. The summed E-state index contributed by atoms with van der Waals surface area (Å²) in [4.78, 5) is 25.6. The average molecular weight is 410 g/mol. The van der Waals surface area contributed by atoms with Crippen LogP contribution in [0.15, 0.2) is 52.1 Å². The van der Waals surface area contributed by atoms with Crippen molar-refractivity contribution in [3.63, 3.8) is 0 Å². The fourth-order valence-electron chi connectivity index (χ4n) is 3.36. The third-order valence-corrected chi connectivity index (χ3v) is 5.31. The molecule has 7 nitrogen and oxygen atoms in total. The van der Waals surface area contributed by atoms with Gasteiger partial charge in [0.05, 0.1) is 6.34 Å². The molecular weight excluding hydrogens is 390 g/mol. The predicted molar refractivity (Wildman–Crippen MR) is 109 cm³/mol. The number of halogens is 1. The SMILES string of the molecule is Cc1cccnc1/N=C\N(C=O)Cc1nc(C2CC(c3cccc(Cl)c3)C2)no1. The molecule has 1 aliphatic carbocycles. The first-order valence-corrected chi connectivity index (χ1v) is 9.75. The van der Waals surface area contributed by atoms with Gasteiger partial charge in [-0.2, -0.15) is 4.98 Å². The molecule has 3 aromatic rings. The molecule has 0 saturated heterocycles.